The van der Waals surface area contributed by atoms with Gasteiger partial charge in [-0.25, -0.2) is 8.42 Å². The lowest BCUT2D eigenvalue weighted by atomic mass is 10.1. The summed E-state index contributed by atoms with van der Waals surface area (Å²) in [5.74, 6) is 5.98. The Kier molecular flexibility index (Phi) is 5.39. The number of rotatable bonds is 4. The molecule has 0 aliphatic rings. The number of hydrogen-bond donors (Lipinski definition) is 1. The van der Waals surface area contributed by atoms with Gasteiger partial charge < -0.3 is 0 Å². The molecule has 5 heteroatoms. The summed E-state index contributed by atoms with van der Waals surface area (Å²) in [5, 5.41) is 0. The van der Waals surface area contributed by atoms with E-state index in [1.807, 2.05) is 0 Å². The number of para-hydroxylation sites is 1. The van der Waals surface area contributed by atoms with E-state index in [2.05, 4.69) is 16.6 Å². The van der Waals surface area contributed by atoms with Gasteiger partial charge in [0.1, 0.15) is 0 Å². The largest absolute Gasteiger partial charge is 0.295 e. The molecule has 0 spiro atoms. The minimum Gasteiger partial charge on any atom is -0.295 e. The first-order chi connectivity index (χ1) is 13.0. The molecule has 0 radical (unpaired) electrons. The second-order valence-corrected chi connectivity index (χ2v) is 7.53. The maximum atomic E-state index is 12.5. The van der Waals surface area contributed by atoms with Crippen molar-refractivity contribution in [3.05, 3.63) is 95.6 Å². The summed E-state index contributed by atoms with van der Waals surface area (Å²) < 4.78 is 27.7. The van der Waals surface area contributed by atoms with E-state index in [0.29, 0.717) is 16.8 Å². The molecule has 0 aliphatic carbocycles. The van der Waals surface area contributed by atoms with Gasteiger partial charge in [-0.15, -0.1) is 0 Å². The Morgan fingerprint density at radius 1 is 0.815 bits per heavy atom. The van der Waals surface area contributed by atoms with Crippen molar-refractivity contribution in [1.29, 1.82) is 0 Å². The van der Waals surface area contributed by atoms with Gasteiger partial charge in [0.05, 0.1) is 10.6 Å². The Morgan fingerprint density at radius 2 is 1.44 bits per heavy atom. The number of carbonyl (C=O) groups excluding carboxylic acids is 1. The lowest BCUT2D eigenvalue weighted by Crippen LogP contribution is -2.13. The number of hydrogen-bond acceptors (Lipinski definition) is 3. The van der Waals surface area contributed by atoms with Crippen molar-refractivity contribution >= 4 is 21.5 Å². The highest BCUT2D eigenvalue weighted by atomic mass is 32.2. The average Bonchev–Trinajstić information content (AvgIpc) is 2.68. The molecule has 0 amide bonds. The fourth-order valence-electron chi connectivity index (χ4n) is 2.41. The van der Waals surface area contributed by atoms with Crippen LogP contribution in [0.25, 0.3) is 0 Å². The van der Waals surface area contributed by atoms with Gasteiger partial charge in [0.25, 0.3) is 10.0 Å². The van der Waals surface area contributed by atoms with E-state index in [1.165, 1.54) is 19.1 Å². The molecule has 1 N–H and O–H groups in total. The van der Waals surface area contributed by atoms with Crippen molar-refractivity contribution in [2.45, 2.75) is 11.8 Å². The standard InChI is InChI=1S/C22H17NO3S/c1-17(24)19-14-11-18(12-15-19)13-16-20-7-5-6-10-22(20)23-27(25,26)21-8-3-2-4-9-21/h2-12,14-15,23H,1H3. The first-order valence-corrected chi connectivity index (χ1v) is 9.74. The van der Waals surface area contributed by atoms with E-state index in [9.17, 15) is 13.2 Å². The SMILES string of the molecule is CC(=O)c1ccc(C#Cc2ccccc2NS(=O)(=O)c2ccccc2)cc1. The molecule has 4 nitrogen and oxygen atoms in total. The van der Waals surface area contributed by atoms with Crippen molar-refractivity contribution in [2.24, 2.45) is 0 Å². The van der Waals surface area contributed by atoms with Crippen LogP contribution in [0.2, 0.25) is 0 Å². The number of ketones is 1. The van der Waals surface area contributed by atoms with Crippen molar-refractivity contribution in [1.82, 2.24) is 0 Å². The lowest BCUT2D eigenvalue weighted by molar-refractivity contribution is 0.101. The second kappa shape index (κ2) is 7.90. The lowest BCUT2D eigenvalue weighted by Gasteiger charge is -2.09. The molecule has 0 heterocycles. The third-order valence-electron chi connectivity index (χ3n) is 3.86. The molecule has 0 aromatic heterocycles. The van der Waals surface area contributed by atoms with Crippen LogP contribution in [-0.4, -0.2) is 14.2 Å². The number of benzene rings is 3. The number of carbonyl (C=O) groups is 1. The van der Waals surface area contributed by atoms with Gasteiger partial charge in [-0.2, -0.15) is 0 Å². The quantitative estimate of drug-likeness (QED) is 0.552. The Morgan fingerprint density at radius 3 is 2.11 bits per heavy atom. The fourth-order valence-corrected chi connectivity index (χ4v) is 3.51. The molecule has 0 fully saturated rings. The normalized spacial score (nSPS) is 10.6. The summed E-state index contributed by atoms with van der Waals surface area (Å²) in [7, 11) is -3.69. The summed E-state index contributed by atoms with van der Waals surface area (Å²) in [6.07, 6.45) is 0. The van der Waals surface area contributed by atoms with E-state index in [0.717, 1.165) is 5.56 Å². The number of sulfonamides is 1. The summed E-state index contributed by atoms with van der Waals surface area (Å²) >= 11 is 0. The van der Waals surface area contributed by atoms with E-state index < -0.39 is 10.0 Å². The third kappa shape index (κ3) is 4.63. The van der Waals surface area contributed by atoms with Crippen LogP contribution in [0.5, 0.6) is 0 Å². The highest BCUT2D eigenvalue weighted by Crippen LogP contribution is 2.19. The van der Waals surface area contributed by atoms with Crippen molar-refractivity contribution < 1.29 is 13.2 Å². The Labute approximate surface area is 158 Å². The van der Waals surface area contributed by atoms with Crippen molar-refractivity contribution in [3.8, 4) is 11.8 Å². The van der Waals surface area contributed by atoms with Gasteiger partial charge in [-0.05, 0) is 43.3 Å². The van der Waals surface area contributed by atoms with Gasteiger partial charge in [0.15, 0.2) is 5.78 Å². The van der Waals surface area contributed by atoms with Crippen LogP contribution < -0.4 is 4.72 Å². The molecule has 27 heavy (non-hydrogen) atoms. The summed E-state index contributed by atoms with van der Waals surface area (Å²) in [5.41, 5.74) is 2.33. The van der Waals surface area contributed by atoms with Gasteiger partial charge in [-0.1, -0.05) is 54.3 Å². The average molecular weight is 375 g/mol. The predicted molar refractivity (Wildman–Crippen MR) is 106 cm³/mol. The van der Waals surface area contributed by atoms with Crippen LogP contribution in [0.15, 0.2) is 83.8 Å². The Hall–Kier alpha value is -3.36. The van der Waals surface area contributed by atoms with Crippen molar-refractivity contribution in [2.75, 3.05) is 4.72 Å². The third-order valence-corrected chi connectivity index (χ3v) is 5.24. The van der Waals surface area contributed by atoms with E-state index in [4.69, 9.17) is 0 Å². The van der Waals surface area contributed by atoms with Gasteiger partial charge in [0.2, 0.25) is 0 Å². The topological polar surface area (TPSA) is 63.2 Å². The van der Waals surface area contributed by atoms with E-state index in [1.54, 1.807) is 66.7 Å². The minimum absolute atomic E-state index is 0.00447. The molecule has 0 atom stereocenters. The fraction of sp³-hybridized carbons (Fsp3) is 0.0455. The van der Waals surface area contributed by atoms with Crippen LogP contribution in [0.4, 0.5) is 5.69 Å². The monoisotopic (exact) mass is 375 g/mol. The van der Waals surface area contributed by atoms with Gasteiger partial charge in [-0.3, -0.25) is 9.52 Å². The maximum Gasteiger partial charge on any atom is 0.261 e. The zero-order valence-corrected chi connectivity index (χ0v) is 15.5. The highest BCUT2D eigenvalue weighted by Gasteiger charge is 2.14. The minimum atomic E-state index is -3.69. The van der Waals surface area contributed by atoms with Crippen molar-refractivity contribution in [3.63, 3.8) is 0 Å². The zero-order chi connectivity index (χ0) is 19.3. The number of nitrogens with one attached hydrogen (secondary N) is 1. The van der Waals surface area contributed by atoms with E-state index >= 15 is 0 Å². The first-order valence-electron chi connectivity index (χ1n) is 8.26. The Bertz CT molecular complexity index is 1120. The molecule has 0 aliphatic heterocycles. The molecule has 0 saturated heterocycles. The van der Waals surface area contributed by atoms with Crippen LogP contribution in [0.3, 0.4) is 0 Å². The maximum absolute atomic E-state index is 12.5. The molecule has 0 saturated carbocycles. The molecule has 3 aromatic carbocycles. The number of anilines is 1. The van der Waals surface area contributed by atoms with E-state index in [-0.39, 0.29) is 10.7 Å². The summed E-state index contributed by atoms with van der Waals surface area (Å²) in [4.78, 5) is 11.5. The van der Waals surface area contributed by atoms with Crippen LogP contribution in [0, 0.1) is 11.8 Å². The van der Waals surface area contributed by atoms with Crippen LogP contribution in [0.1, 0.15) is 28.4 Å². The van der Waals surface area contributed by atoms with Crippen LogP contribution >= 0.6 is 0 Å². The molecular weight excluding hydrogens is 358 g/mol. The van der Waals surface area contributed by atoms with Gasteiger partial charge >= 0.3 is 0 Å². The van der Waals surface area contributed by atoms with Crippen LogP contribution in [-0.2, 0) is 10.0 Å². The smallest absolute Gasteiger partial charge is 0.261 e. The predicted octanol–water partition coefficient (Wildman–Crippen LogP) is 4.09. The second-order valence-electron chi connectivity index (χ2n) is 5.85. The molecule has 3 rings (SSSR count). The molecule has 134 valence electrons. The molecular formula is C22H17NO3S. The zero-order valence-electron chi connectivity index (χ0n) is 14.6. The number of Topliss-reactive ketones (excluding diaryl/α,β-unsaturated/α-hetero) is 1. The summed E-state index contributed by atoms with van der Waals surface area (Å²) in [6, 6.07) is 22.1. The highest BCUT2D eigenvalue weighted by molar-refractivity contribution is 7.92. The molecule has 3 aromatic rings. The first kappa shape index (κ1) is 18.4. The molecule has 0 unspecified atom stereocenters. The Balaban J connectivity index is 1.88. The van der Waals surface area contributed by atoms with Gasteiger partial charge in [0, 0.05) is 16.7 Å². The molecule has 0 bridgehead atoms. The summed E-state index contributed by atoms with van der Waals surface area (Å²) in [6.45, 7) is 1.51.